The Labute approximate surface area is 130 Å². The molecular weight excluding hydrogens is 290 g/mol. The Kier molecular flexibility index (Phi) is 4.66. The van der Waals surface area contributed by atoms with Crippen molar-refractivity contribution in [2.24, 2.45) is 5.92 Å². The minimum atomic E-state index is -1.99. The number of aliphatic hydroxyl groups excluding tert-OH is 2. The lowest BCUT2D eigenvalue weighted by Crippen LogP contribution is -2.53. The molecule has 0 bridgehead atoms. The van der Waals surface area contributed by atoms with Crippen molar-refractivity contribution in [1.82, 2.24) is 0 Å². The molecule has 22 heavy (non-hydrogen) atoms. The number of nitrogens with zero attached hydrogens (tertiary/aromatic N) is 1. The van der Waals surface area contributed by atoms with Gasteiger partial charge < -0.3 is 29.9 Å². The molecule has 2 aliphatic heterocycles. The number of fused-ring (bicyclic) bond motifs is 1. The number of esters is 1. The lowest BCUT2D eigenvalue weighted by molar-refractivity contribution is -0.877. The second kappa shape index (κ2) is 5.90. The molecule has 0 spiro atoms. The maximum absolute atomic E-state index is 12.4. The van der Waals surface area contributed by atoms with E-state index in [-0.39, 0.29) is 13.2 Å². The molecule has 4 unspecified atom stereocenters. The van der Waals surface area contributed by atoms with Crippen molar-refractivity contribution >= 4 is 5.97 Å². The van der Waals surface area contributed by atoms with E-state index in [4.69, 9.17) is 4.74 Å². The molecule has 0 saturated carbocycles. The van der Waals surface area contributed by atoms with Crippen molar-refractivity contribution in [3.05, 3.63) is 16.9 Å². The Bertz CT molecular complexity index is 467. The number of carbonyl (C=O) groups is 1. The van der Waals surface area contributed by atoms with Gasteiger partial charge in [-0.25, -0.2) is 4.79 Å². The van der Waals surface area contributed by atoms with Gasteiger partial charge in [0.05, 0.1) is 19.2 Å². The van der Waals surface area contributed by atoms with E-state index in [1.54, 1.807) is 19.9 Å². The van der Waals surface area contributed by atoms with Crippen LogP contribution in [-0.4, -0.2) is 69.5 Å². The largest absolute Gasteiger partial charge is 0.632 e. The minimum Gasteiger partial charge on any atom is -0.632 e. The number of hydrogen-bond acceptors (Lipinski definition) is 6. The normalized spacial score (nSPS) is 35.0. The number of rotatable bonds is 5. The van der Waals surface area contributed by atoms with Crippen LogP contribution in [0, 0.1) is 11.1 Å². The smallest absolute Gasteiger partial charge is 0.341 e. The monoisotopic (exact) mass is 315 g/mol. The van der Waals surface area contributed by atoms with Gasteiger partial charge in [0.15, 0.2) is 5.60 Å². The molecule has 0 aromatic rings. The van der Waals surface area contributed by atoms with E-state index in [0.29, 0.717) is 18.5 Å². The summed E-state index contributed by atoms with van der Waals surface area (Å²) in [7, 11) is 0. The molecule has 0 aliphatic carbocycles. The molecule has 0 amide bonds. The van der Waals surface area contributed by atoms with E-state index < -0.39 is 40.4 Å². The van der Waals surface area contributed by atoms with Crippen LogP contribution in [0.15, 0.2) is 11.6 Å². The molecule has 126 valence electrons. The first-order chi connectivity index (χ1) is 10.1. The Hall–Kier alpha value is -0.990. The molecule has 0 radical (unpaired) electrons. The van der Waals surface area contributed by atoms with Crippen molar-refractivity contribution < 1.29 is 29.5 Å². The lowest BCUT2D eigenvalue weighted by Gasteiger charge is -2.40. The van der Waals surface area contributed by atoms with Crippen molar-refractivity contribution in [1.29, 1.82) is 0 Å². The zero-order valence-corrected chi connectivity index (χ0v) is 13.2. The summed E-state index contributed by atoms with van der Waals surface area (Å²) < 4.78 is 4.64. The third-order valence-electron chi connectivity index (χ3n) is 4.93. The molecule has 2 aliphatic rings. The first-order valence-corrected chi connectivity index (χ1v) is 7.65. The fraction of sp³-hybridized carbons (Fsp3) is 0.800. The van der Waals surface area contributed by atoms with Crippen molar-refractivity contribution in [3.8, 4) is 0 Å². The number of aliphatic hydroxyl groups is 3. The maximum Gasteiger partial charge on any atom is 0.341 e. The topological polar surface area (TPSA) is 110 Å². The predicted molar refractivity (Wildman–Crippen MR) is 78.3 cm³/mol. The molecule has 3 N–H and O–H groups in total. The van der Waals surface area contributed by atoms with Crippen LogP contribution in [-0.2, 0) is 9.53 Å². The zero-order chi connectivity index (χ0) is 16.7. The van der Waals surface area contributed by atoms with Crippen LogP contribution < -0.4 is 0 Å². The highest BCUT2D eigenvalue weighted by atomic mass is 16.6. The first kappa shape index (κ1) is 17.4. The van der Waals surface area contributed by atoms with Gasteiger partial charge in [-0.15, -0.1) is 0 Å². The van der Waals surface area contributed by atoms with Gasteiger partial charge in [-0.2, -0.15) is 0 Å². The summed E-state index contributed by atoms with van der Waals surface area (Å²) in [5.74, 6) is -1.44. The summed E-state index contributed by atoms with van der Waals surface area (Å²) in [6.07, 6.45) is 0.127. The first-order valence-electron chi connectivity index (χ1n) is 7.65. The minimum absolute atomic E-state index is 0.148. The fourth-order valence-electron chi connectivity index (χ4n) is 3.41. The second-order valence-electron chi connectivity index (χ2n) is 6.67. The SMILES string of the molecule is CC(C)C(O)(C(=O)OCC1=CC[N+]2([O-])CC[C@H](O)C12)C(C)O. The molecule has 0 aromatic carbocycles. The third-order valence-corrected chi connectivity index (χ3v) is 4.93. The zero-order valence-electron chi connectivity index (χ0n) is 13.2. The van der Waals surface area contributed by atoms with Crippen molar-refractivity contribution in [2.75, 3.05) is 19.7 Å². The molecule has 5 atom stereocenters. The average molecular weight is 315 g/mol. The van der Waals surface area contributed by atoms with Crippen molar-refractivity contribution in [3.63, 3.8) is 0 Å². The number of quaternary nitrogens is 1. The summed E-state index contributed by atoms with van der Waals surface area (Å²) in [6.45, 7) is 5.02. The highest BCUT2D eigenvalue weighted by Gasteiger charge is 2.49. The summed E-state index contributed by atoms with van der Waals surface area (Å²) in [4.78, 5) is 12.2. The average Bonchev–Trinajstić information content (AvgIpc) is 2.92. The lowest BCUT2D eigenvalue weighted by atomic mass is 9.85. The van der Waals surface area contributed by atoms with Crippen LogP contribution in [0.5, 0.6) is 0 Å². The van der Waals surface area contributed by atoms with E-state index in [0.717, 1.165) is 0 Å². The Morgan fingerprint density at radius 1 is 1.55 bits per heavy atom. The maximum atomic E-state index is 12.4. The number of hydrogen-bond donors (Lipinski definition) is 3. The third kappa shape index (κ3) is 2.68. The van der Waals surface area contributed by atoms with E-state index in [2.05, 4.69) is 0 Å². The summed E-state index contributed by atoms with van der Waals surface area (Å²) in [6, 6.07) is -0.591. The van der Waals surface area contributed by atoms with Gasteiger partial charge in [-0.3, -0.25) is 0 Å². The highest BCUT2D eigenvalue weighted by Crippen LogP contribution is 2.36. The second-order valence-corrected chi connectivity index (χ2v) is 6.67. The van der Waals surface area contributed by atoms with Crippen LogP contribution in [0.3, 0.4) is 0 Å². The summed E-state index contributed by atoms with van der Waals surface area (Å²) in [5.41, 5.74) is -1.40. The number of hydroxylamine groups is 3. The number of ether oxygens (including phenoxy) is 1. The van der Waals surface area contributed by atoms with Crippen LogP contribution in [0.1, 0.15) is 27.2 Å². The van der Waals surface area contributed by atoms with Crippen LogP contribution >= 0.6 is 0 Å². The highest BCUT2D eigenvalue weighted by molar-refractivity contribution is 5.80. The van der Waals surface area contributed by atoms with Gasteiger partial charge >= 0.3 is 5.97 Å². The van der Waals surface area contributed by atoms with E-state index in [1.807, 2.05) is 0 Å². The van der Waals surface area contributed by atoms with Gasteiger partial charge in [0.25, 0.3) is 0 Å². The van der Waals surface area contributed by atoms with Gasteiger partial charge in [-0.05, 0) is 18.9 Å². The van der Waals surface area contributed by atoms with Crippen LogP contribution in [0.4, 0.5) is 0 Å². The van der Waals surface area contributed by atoms with E-state index >= 15 is 0 Å². The summed E-state index contributed by atoms with van der Waals surface area (Å²) >= 11 is 0. The molecule has 0 aromatic heterocycles. The van der Waals surface area contributed by atoms with E-state index in [9.17, 15) is 25.3 Å². The van der Waals surface area contributed by atoms with Gasteiger partial charge in [-0.1, -0.05) is 13.8 Å². The van der Waals surface area contributed by atoms with Gasteiger partial charge in [0.1, 0.15) is 18.8 Å². The van der Waals surface area contributed by atoms with Gasteiger partial charge in [0.2, 0.25) is 0 Å². The standard InChI is InChI=1S/C15H25NO6/c1-9(2)15(20,10(3)17)14(19)22-8-11-4-6-16(21)7-5-12(18)13(11)16/h4,9-10,12-13,17-18,20H,5-8H2,1-3H3/t10?,12-,13?,15?,16?/m0/s1. The van der Waals surface area contributed by atoms with Crippen molar-refractivity contribution in [2.45, 2.75) is 51.0 Å². The van der Waals surface area contributed by atoms with Gasteiger partial charge in [0, 0.05) is 12.0 Å². The molecule has 7 heteroatoms. The molecule has 1 fully saturated rings. The van der Waals surface area contributed by atoms with E-state index in [1.165, 1.54) is 6.92 Å². The molecule has 2 rings (SSSR count). The predicted octanol–water partition coefficient (Wildman–Crippen LogP) is -0.315. The molecule has 2 heterocycles. The Morgan fingerprint density at radius 2 is 2.18 bits per heavy atom. The summed E-state index contributed by atoms with van der Waals surface area (Å²) in [5, 5.41) is 42.4. The quantitative estimate of drug-likeness (QED) is 0.278. The Balaban J connectivity index is 2.03. The molecular formula is C15H25NO6. The number of carbonyl (C=O) groups excluding carboxylic acids is 1. The van der Waals surface area contributed by atoms with Crippen LogP contribution in [0.25, 0.3) is 0 Å². The van der Waals surface area contributed by atoms with Crippen LogP contribution in [0.2, 0.25) is 0 Å². The molecule has 7 nitrogen and oxygen atoms in total. The Morgan fingerprint density at radius 3 is 2.73 bits per heavy atom. The fourth-order valence-corrected chi connectivity index (χ4v) is 3.41. The molecule has 1 saturated heterocycles.